The van der Waals surface area contributed by atoms with Crippen LogP contribution in [0.4, 0.5) is 0 Å². The van der Waals surface area contributed by atoms with Crippen molar-refractivity contribution in [2.45, 2.75) is 45.8 Å². The summed E-state index contributed by atoms with van der Waals surface area (Å²) in [5, 5.41) is 21.3. The van der Waals surface area contributed by atoms with Crippen LogP contribution in [-0.4, -0.2) is 39.1 Å². The number of piperidine rings is 1. The molecule has 2 unspecified atom stereocenters. The fraction of sp³-hybridized carbons (Fsp3) is 0.833. The Hall–Kier alpha value is -0.940. The second-order valence-corrected chi connectivity index (χ2v) is 5.04. The van der Waals surface area contributed by atoms with Gasteiger partial charge in [-0.3, -0.25) is 0 Å². The summed E-state index contributed by atoms with van der Waals surface area (Å²) in [6.07, 6.45) is 3.11. The lowest BCUT2D eigenvalue weighted by atomic mass is 9.96. The minimum atomic E-state index is -0.354. The number of aliphatic hydroxyl groups is 1. The van der Waals surface area contributed by atoms with Gasteiger partial charge >= 0.3 is 0 Å². The third-order valence-corrected chi connectivity index (χ3v) is 3.33. The van der Waals surface area contributed by atoms with Crippen LogP contribution in [0.1, 0.15) is 31.4 Å². The van der Waals surface area contributed by atoms with Crippen molar-refractivity contribution in [3.05, 3.63) is 11.6 Å². The maximum atomic E-state index is 9.49. The molecule has 0 spiro atoms. The molecule has 0 saturated carbocycles. The molecule has 1 aliphatic heterocycles. The molecule has 2 atom stereocenters. The second-order valence-electron chi connectivity index (χ2n) is 5.04. The van der Waals surface area contributed by atoms with Gasteiger partial charge < -0.3 is 15.0 Å². The van der Waals surface area contributed by atoms with Gasteiger partial charge in [-0.25, -0.2) is 0 Å². The normalized spacial score (nSPS) is 22.6. The van der Waals surface area contributed by atoms with Gasteiger partial charge in [0.05, 0.1) is 12.6 Å². The Labute approximate surface area is 102 Å². The van der Waals surface area contributed by atoms with Crippen molar-refractivity contribution in [1.82, 2.24) is 20.1 Å². The number of aliphatic hydroxyl groups excluding tert-OH is 1. The number of nitrogens with zero attached hydrogens (tertiary/aromatic N) is 3. The first-order valence-corrected chi connectivity index (χ1v) is 6.44. The highest BCUT2D eigenvalue weighted by atomic mass is 16.3. The Kier molecular flexibility index (Phi) is 4.12. The Bertz CT molecular complexity index is 355. The van der Waals surface area contributed by atoms with Gasteiger partial charge in [0.2, 0.25) is 0 Å². The number of rotatable bonds is 4. The standard InChI is InChI=1S/C12H22N4O/c1-9(17)8-16-10(2)14-15-12(16)6-11-4-3-5-13-7-11/h9,11,13,17H,3-8H2,1-2H3. The number of aromatic nitrogens is 3. The minimum absolute atomic E-state index is 0.354. The van der Waals surface area contributed by atoms with Gasteiger partial charge in [0.1, 0.15) is 11.6 Å². The van der Waals surface area contributed by atoms with Crippen LogP contribution in [0.3, 0.4) is 0 Å². The van der Waals surface area contributed by atoms with Crippen LogP contribution < -0.4 is 5.32 Å². The summed E-state index contributed by atoms with van der Waals surface area (Å²) in [4.78, 5) is 0. The van der Waals surface area contributed by atoms with E-state index in [-0.39, 0.29) is 6.10 Å². The zero-order valence-corrected chi connectivity index (χ0v) is 10.7. The van der Waals surface area contributed by atoms with E-state index in [9.17, 15) is 5.11 Å². The highest BCUT2D eigenvalue weighted by Crippen LogP contribution is 2.16. The summed E-state index contributed by atoms with van der Waals surface area (Å²) < 4.78 is 2.04. The summed E-state index contributed by atoms with van der Waals surface area (Å²) in [7, 11) is 0. The van der Waals surface area contributed by atoms with Crippen LogP contribution in [0, 0.1) is 12.8 Å². The van der Waals surface area contributed by atoms with E-state index >= 15 is 0 Å². The Morgan fingerprint density at radius 2 is 2.35 bits per heavy atom. The molecule has 0 aromatic carbocycles. The lowest BCUT2D eigenvalue weighted by Crippen LogP contribution is -2.31. The molecule has 5 nitrogen and oxygen atoms in total. The summed E-state index contributed by atoms with van der Waals surface area (Å²) >= 11 is 0. The molecule has 2 heterocycles. The van der Waals surface area contributed by atoms with Crippen molar-refractivity contribution in [3.63, 3.8) is 0 Å². The average molecular weight is 238 g/mol. The Morgan fingerprint density at radius 1 is 1.53 bits per heavy atom. The topological polar surface area (TPSA) is 63.0 Å². The van der Waals surface area contributed by atoms with Crippen molar-refractivity contribution < 1.29 is 5.11 Å². The lowest BCUT2D eigenvalue weighted by molar-refractivity contribution is 0.170. The Balaban J connectivity index is 2.04. The van der Waals surface area contributed by atoms with Crippen LogP contribution in [0.25, 0.3) is 0 Å². The van der Waals surface area contributed by atoms with Crippen LogP contribution in [0.2, 0.25) is 0 Å². The first kappa shape index (κ1) is 12.5. The summed E-state index contributed by atoms with van der Waals surface area (Å²) in [6, 6.07) is 0. The van der Waals surface area contributed by atoms with E-state index in [1.54, 1.807) is 6.92 Å². The second kappa shape index (κ2) is 5.60. The monoisotopic (exact) mass is 238 g/mol. The van der Waals surface area contributed by atoms with Gasteiger partial charge in [-0.2, -0.15) is 0 Å². The third kappa shape index (κ3) is 3.26. The fourth-order valence-electron chi connectivity index (χ4n) is 2.43. The van der Waals surface area contributed by atoms with E-state index in [1.165, 1.54) is 12.8 Å². The van der Waals surface area contributed by atoms with Crippen molar-refractivity contribution >= 4 is 0 Å². The minimum Gasteiger partial charge on any atom is -0.392 e. The van der Waals surface area contributed by atoms with Crippen molar-refractivity contribution in [3.8, 4) is 0 Å². The quantitative estimate of drug-likeness (QED) is 0.802. The van der Waals surface area contributed by atoms with Crippen molar-refractivity contribution in [1.29, 1.82) is 0 Å². The lowest BCUT2D eigenvalue weighted by Gasteiger charge is -2.22. The molecule has 1 saturated heterocycles. The number of hydrogen-bond donors (Lipinski definition) is 2. The van der Waals surface area contributed by atoms with Crippen LogP contribution in [0.15, 0.2) is 0 Å². The van der Waals surface area contributed by atoms with Gasteiger partial charge in [0.15, 0.2) is 0 Å². The van der Waals surface area contributed by atoms with Crippen LogP contribution in [0.5, 0.6) is 0 Å². The van der Waals surface area contributed by atoms with E-state index in [4.69, 9.17) is 0 Å². The van der Waals surface area contributed by atoms with E-state index < -0.39 is 0 Å². The summed E-state index contributed by atoms with van der Waals surface area (Å²) in [5.74, 6) is 2.56. The molecule has 2 N–H and O–H groups in total. The molecule has 0 radical (unpaired) electrons. The molecular formula is C12H22N4O. The van der Waals surface area contributed by atoms with E-state index in [1.807, 2.05) is 11.5 Å². The maximum Gasteiger partial charge on any atom is 0.133 e. The molecule has 1 fully saturated rings. The van der Waals surface area contributed by atoms with E-state index in [0.29, 0.717) is 12.5 Å². The van der Waals surface area contributed by atoms with Crippen molar-refractivity contribution in [2.75, 3.05) is 13.1 Å². The molecule has 0 aliphatic carbocycles. The van der Waals surface area contributed by atoms with Gasteiger partial charge in [0.25, 0.3) is 0 Å². The molecule has 17 heavy (non-hydrogen) atoms. The first-order chi connectivity index (χ1) is 8.16. The average Bonchev–Trinajstić information content (AvgIpc) is 2.62. The molecule has 1 aromatic heterocycles. The number of aryl methyl sites for hydroxylation is 1. The van der Waals surface area contributed by atoms with Crippen molar-refractivity contribution in [2.24, 2.45) is 5.92 Å². The summed E-state index contributed by atoms with van der Waals surface area (Å²) in [6.45, 7) is 6.54. The highest BCUT2D eigenvalue weighted by molar-refractivity contribution is 4.96. The molecule has 1 aromatic rings. The zero-order valence-electron chi connectivity index (χ0n) is 10.7. The SMILES string of the molecule is Cc1nnc(CC2CCCNC2)n1CC(C)O. The maximum absolute atomic E-state index is 9.49. The summed E-state index contributed by atoms with van der Waals surface area (Å²) in [5.41, 5.74) is 0. The van der Waals surface area contributed by atoms with Crippen LogP contribution >= 0.6 is 0 Å². The highest BCUT2D eigenvalue weighted by Gasteiger charge is 2.18. The largest absolute Gasteiger partial charge is 0.392 e. The van der Waals surface area contributed by atoms with Gasteiger partial charge in [-0.05, 0) is 45.7 Å². The Morgan fingerprint density at radius 3 is 3.00 bits per heavy atom. The molecule has 0 amide bonds. The zero-order chi connectivity index (χ0) is 12.3. The molecule has 1 aliphatic rings. The van der Waals surface area contributed by atoms with Gasteiger partial charge in [0, 0.05) is 6.42 Å². The third-order valence-electron chi connectivity index (χ3n) is 3.33. The van der Waals surface area contributed by atoms with E-state index in [2.05, 4.69) is 15.5 Å². The van der Waals surface area contributed by atoms with Gasteiger partial charge in [-0.15, -0.1) is 10.2 Å². The molecule has 0 bridgehead atoms. The molecule has 96 valence electrons. The predicted octanol–water partition coefficient (Wildman–Crippen LogP) is 0.509. The van der Waals surface area contributed by atoms with Gasteiger partial charge in [-0.1, -0.05) is 0 Å². The number of nitrogens with one attached hydrogen (secondary N) is 1. The predicted molar refractivity (Wildman–Crippen MR) is 65.7 cm³/mol. The smallest absolute Gasteiger partial charge is 0.133 e. The van der Waals surface area contributed by atoms with E-state index in [0.717, 1.165) is 31.2 Å². The first-order valence-electron chi connectivity index (χ1n) is 6.44. The molecule has 5 heteroatoms. The fourth-order valence-corrected chi connectivity index (χ4v) is 2.43. The van der Waals surface area contributed by atoms with Crippen LogP contribution in [-0.2, 0) is 13.0 Å². The molecule has 2 rings (SSSR count). The number of hydrogen-bond acceptors (Lipinski definition) is 4. The molecular weight excluding hydrogens is 216 g/mol.